The summed E-state index contributed by atoms with van der Waals surface area (Å²) >= 11 is 0. The van der Waals surface area contributed by atoms with Gasteiger partial charge in [-0.15, -0.1) is 0 Å². The second-order valence-electron chi connectivity index (χ2n) is 5.73. The largest absolute Gasteiger partial charge is 0.378 e. The van der Waals surface area contributed by atoms with Crippen molar-refractivity contribution in [3.63, 3.8) is 0 Å². The van der Waals surface area contributed by atoms with Crippen LogP contribution in [0.4, 0.5) is 14.5 Å². The van der Waals surface area contributed by atoms with Crippen LogP contribution < -0.4 is 5.32 Å². The highest BCUT2D eigenvalue weighted by atomic mass is 19.1. The van der Waals surface area contributed by atoms with Crippen molar-refractivity contribution in [1.29, 1.82) is 0 Å². The quantitative estimate of drug-likeness (QED) is 0.776. The number of nitrogens with one attached hydrogen (secondary N) is 1. The van der Waals surface area contributed by atoms with Crippen LogP contribution in [0.3, 0.4) is 0 Å². The van der Waals surface area contributed by atoms with Crippen molar-refractivity contribution in [3.8, 4) is 0 Å². The smallest absolute Gasteiger partial charge is 0.128 e. The third kappa shape index (κ3) is 3.41. The number of rotatable bonds is 4. The third-order valence-electron chi connectivity index (χ3n) is 3.70. The summed E-state index contributed by atoms with van der Waals surface area (Å²) in [5, 5.41) is 3.29. The Morgan fingerprint density at radius 2 is 1.57 bits per heavy atom. The SMILES string of the molecule is Cc1cc(F)c(C(C)Nc2ccccc2C(C)C)cc1F. The second kappa shape index (κ2) is 6.25. The van der Waals surface area contributed by atoms with Crippen molar-refractivity contribution in [1.82, 2.24) is 0 Å². The molecule has 1 atom stereocenters. The Morgan fingerprint density at radius 1 is 0.905 bits per heavy atom. The third-order valence-corrected chi connectivity index (χ3v) is 3.70. The minimum atomic E-state index is -0.379. The van der Waals surface area contributed by atoms with E-state index in [1.165, 1.54) is 12.1 Å². The van der Waals surface area contributed by atoms with Gasteiger partial charge in [-0.2, -0.15) is 0 Å². The number of para-hydroxylation sites is 1. The topological polar surface area (TPSA) is 12.0 Å². The molecule has 0 aromatic heterocycles. The molecule has 2 rings (SSSR count). The van der Waals surface area contributed by atoms with Gasteiger partial charge >= 0.3 is 0 Å². The minimum Gasteiger partial charge on any atom is -0.378 e. The molecule has 0 saturated carbocycles. The maximum absolute atomic E-state index is 14.0. The van der Waals surface area contributed by atoms with E-state index in [0.717, 1.165) is 11.3 Å². The fourth-order valence-electron chi connectivity index (χ4n) is 2.44. The first-order valence-electron chi connectivity index (χ1n) is 7.21. The van der Waals surface area contributed by atoms with Crippen molar-refractivity contribution in [2.24, 2.45) is 0 Å². The van der Waals surface area contributed by atoms with E-state index in [4.69, 9.17) is 0 Å². The van der Waals surface area contributed by atoms with Crippen molar-refractivity contribution in [2.75, 3.05) is 5.32 Å². The zero-order chi connectivity index (χ0) is 15.6. The Bertz CT molecular complexity index is 635. The van der Waals surface area contributed by atoms with Gasteiger partial charge < -0.3 is 5.32 Å². The summed E-state index contributed by atoms with van der Waals surface area (Å²) in [6.45, 7) is 7.62. The molecule has 0 amide bonds. The molecule has 0 fully saturated rings. The molecule has 112 valence electrons. The number of benzene rings is 2. The van der Waals surface area contributed by atoms with Gasteiger partial charge in [-0.3, -0.25) is 0 Å². The standard InChI is InChI=1S/C18H21F2N/c1-11(2)14-7-5-6-8-18(14)21-13(4)15-10-16(19)12(3)9-17(15)20/h5-11,13,21H,1-4H3. The van der Waals surface area contributed by atoms with Crippen LogP contribution in [0.5, 0.6) is 0 Å². The van der Waals surface area contributed by atoms with Crippen LogP contribution in [-0.2, 0) is 0 Å². The van der Waals surface area contributed by atoms with Crippen LogP contribution in [0.1, 0.15) is 49.4 Å². The molecule has 3 heteroatoms. The molecule has 1 nitrogen and oxygen atoms in total. The predicted octanol–water partition coefficient (Wildman–Crippen LogP) is 5.57. The van der Waals surface area contributed by atoms with E-state index >= 15 is 0 Å². The molecule has 0 heterocycles. The van der Waals surface area contributed by atoms with Gasteiger partial charge in [0, 0.05) is 11.3 Å². The molecular weight excluding hydrogens is 268 g/mol. The van der Waals surface area contributed by atoms with Crippen LogP contribution in [0.25, 0.3) is 0 Å². The molecule has 0 aliphatic heterocycles. The molecule has 2 aromatic carbocycles. The molecule has 0 bridgehead atoms. The van der Waals surface area contributed by atoms with Gasteiger partial charge in [0.05, 0.1) is 6.04 Å². The molecule has 0 spiro atoms. The van der Waals surface area contributed by atoms with Crippen LogP contribution >= 0.6 is 0 Å². The van der Waals surface area contributed by atoms with E-state index in [0.29, 0.717) is 17.0 Å². The van der Waals surface area contributed by atoms with Crippen molar-refractivity contribution < 1.29 is 8.78 Å². The first-order chi connectivity index (χ1) is 9.90. The summed E-state index contributed by atoms with van der Waals surface area (Å²) in [5.41, 5.74) is 2.79. The molecule has 0 aliphatic carbocycles. The Balaban J connectivity index is 2.30. The van der Waals surface area contributed by atoms with Crippen molar-refractivity contribution >= 4 is 5.69 Å². The van der Waals surface area contributed by atoms with Gasteiger partial charge in [0.15, 0.2) is 0 Å². The van der Waals surface area contributed by atoms with E-state index in [9.17, 15) is 8.78 Å². The number of hydrogen-bond donors (Lipinski definition) is 1. The highest BCUT2D eigenvalue weighted by Crippen LogP contribution is 2.29. The summed E-state index contributed by atoms with van der Waals surface area (Å²) in [7, 11) is 0. The number of halogens is 2. The average molecular weight is 289 g/mol. The van der Waals surface area contributed by atoms with Crippen molar-refractivity contribution in [3.05, 3.63) is 64.7 Å². The molecule has 2 aromatic rings. The van der Waals surface area contributed by atoms with Gasteiger partial charge in [-0.25, -0.2) is 8.78 Å². The average Bonchev–Trinajstić information content (AvgIpc) is 2.43. The van der Waals surface area contributed by atoms with E-state index in [-0.39, 0.29) is 17.7 Å². The first-order valence-corrected chi connectivity index (χ1v) is 7.21. The van der Waals surface area contributed by atoms with Crippen LogP contribution in [-0.4, -0.2) is 0 Å². The predicted molar refractivity (Wildman–Crippen MR) is 83.7 cm³/mol. The Labute approximate surface area is 125 Å². The molecular formula is C18H21F2N. The number of aryl methyl sites for hydroxylation is 1. The molecule has 1 unspecified atom stereocenters. The van der Waals surface area contributed by atoms with E-state index < -0.39 is 0 Å². The first kappa shape index (κ1) is 15.5. The molecule has 21 heavy (non-hydrogen) atoms. The molecule has 0 aliphatic rings. The van der Waals surface area contributed by atoms with Crippen LogP contribution in [0.2, 0.25) is 0 Å². The normalized spacial score (nSPS) is 12.5. The Morgan fingerprint density at radius 3 is 2.24 bits per heavy atom. The molecule has 0 saturated heterocycles. The van der Waals surface area contributed by atoms with Gasteiger partial charge in [-0.05, 0) is 49.1 Å². The Kier molecular flexibility index (Phi) is 4.61. The number of hydrogen-bond acceptors (Lipinski definition) is 1. The number of anilines is 1. The van der Waals surface area contributed by atoms with E-state index in [2.05, 4.69) is 19.2 Å². The molecule has 1 N–H and O–H groups in total. The van der Waals surface area contributed by atoms with Gasteiger partial charge in [-0.1, -0.05) is 32.0 Å². The maximum Gasteiger partial charge on any atom is 0.128 e. The summed E-state index contributed by atoms with van der Waals surface area (Å²) in [6.07, 6.45) is 0. The second-order valence-corrected chi connectivity index (χ2v) is 5.73. The summed E-state index contributed by atoms with van der Waals surface area (Å²) in [4.78, 5) is 0. The van der Waals surface area contributed by atoms with Crippen LogP contribution in [0, 0.1) is 18.6 Å². The lowest BCUT2D eigenvalue weighted by Crippen LogP contribution is -2.11. The minimum absolute atomic E-state index is 0.306. The van der Waals surface area contributed by atoms with Gasteiger partial charge in [0.25, 0.3) is 0 Å². The highest BCUT2D eigenvalue weighted by molar-refractivity contribution is 5.54. The monoisotopic (exact) mass is 289 g/mol. The van der Waals surface area contributed by atoms with Crippen LogP contribution in [0.15, 0.2) is 36.4 Å². The molecule has 0 radical (unpaired) electrons. The van der Waals surface area contributed by atoms with Gasteiger partial charge in [0.1, 0.15) is 11.6 Å². The zero-order valence-corrected chi connectivity index (χ0v) is 12.9. The lowest BCUT2D eigenvalue weighted by molar-refractivity contribution is 0.571. The fourth-order valence-corrected chi connectivity index (χ4v) is 2.44. The van der Waals surface area contributed by atoms with E-state index in [1.807, 2.05) is 31.2 Å². The summed E-state index contributed by atoms with van der Waals surface area (Å²) in [6, 6.07) is 10.2. The van der Waals surface area contributed by atoms with Crippen molar-refractivity contribution in [2.45, 2.75) is 39.7 Å². The van der Waals surface area contributed by atoms with Gasteiger partial charge in [0.2, 0.25) is 0 Å². The van der Waals surface area contributed by atoms with E-state index in [1.54, 1.807) is 6.92 Å². The fraction of sp³-hybridized carbons (Fsp3) is 0.333. The Hall–Kier alpha value is -1.90. The summed E-state index contributed by atoms with van der Waals surface area (Å²) < 4.78 is 27.7. The zero-order valence-electron chi connectivity index (χ0n) is 12.9. The summed E-state index contributed by atoms with van der Waals surface area (Å²) in [5.74, 6) is -0.395. The maximum atomic E-state index is 14.0. The lowest BCUT2D eigenvalue weighted by atomic mass is 9.99. The lowest BCUT2D eigenvalue weighted by Gasteiger charge is -2.21. The highest BCUT2D eigenvalue weighted by Gasteiger charge is 2.15.